The van der Waals surface area contributed by atoms with Gasteiger partial charge in [0.25, 0.3) is 0 Å². The SMILES string of the molecule is CCN(C(C)=O)c1nc(CNCC(C)(C)CO)cs1. The lowest BCUT2D eigenvalue weighted by Gasteiger charge is -2.21. The van der Waals surface area contributed by atoms with Gasteiger partial charge in [0.05, 0.1) is 5.69 Å². The van der Waals surface area contributed by atoms with E-state index in [1.807, 2.05) is 26.2 Å². The van der Waals surface area contributed by atoms with Crippen molar-refractivity contribution in [1.29, 1.82) is 0 Å². The van der Waals surface area contributed by atoms with Gasteiger partial charge in [-0.25, -0.2) is 4.98 Å². The molecule has 108 valence electrons. The van der Waals surface area contributed by atoms with Crippen LogP contribution in [0.4, 0.5) is 5.13 Å². The maximum absolute atomic E-state index is 11.4. The summed E-state index contributed by atoms with van der Waals surface area (Å²) < 4.78 is 0. The van der Waals surface area contributed by atoms with E-state index in [0.717, 1.165) is 17.4 Å². The fraction of sp³-hybridized carbons (Fsp3) is 0.692. The van der Waals surface area contributed by atoms with E-state index in [4.69, 9.17) is 5.11 Å². The molecule has 1 amide bonds. The Kier molecular flexibility index (Phi) is 5.90. The molecule has 6 heteroatoms. The molecule has 19 heavy (non-hydrogen) atoms. The predicted molar refractivity (Wildman–Crippen MR) is 78.4 cm³/mol. The van der Waals surface area contributed by atoms with Crippen molar-refractivity contribution in [3.8, 4) is 0 Å². The molecule has 1 aromatic rings. The maximum atomic E-state index is 11.4. The van der Waals surface area contributed by atoms with E-state index in [1.54, 1.807) is 11.8 Å². The Bertz CT molecular complexity index is 418. The number of rotatable bonds is 7. The zero-order valence-corrected chi connectivity index (χ0v) is 12.9. The monoisotopic (exact) mass is 285 g/mol. The van der Waals surface area contributed by atoms with Crippen molar-refractivity contribution in [2.24, 2.45) is 5.41 Å². The van der Waals surface area contributed by atoms with Crippen LogP contribution in [-0.4, -0.2) is 35.7 Å². The summed E-state index contributed by atoms with van der Waals surface area (Å²) in [6, 6.07) is 0. The van der Waals surface area contributed by atoms with Gasteiger partial charge in [-0.1, -0.05) is 13.8 Å². The van der Waals surface area contributed by atoms with Crippen molar-refractivity contribution in [2.75, 3.05) is 24.6 Å². The Hall–Kier alpha value is -0.980. The van der Waals surface area contributed by atoms with Crippen LogP contribution < -0.4 is 10.2 Å². The summed E-state index contributed by atoms with van der Waals surface area (Å²) in [6.07, 6.45) is 0. The lowest BCUT2D eigenvalue weighted by Crippen LogP contribution is -2.32. The molecule has 0 aliphatic heterocycles. The van der Waals surface area contributed by atoms with Crippen molar-refractivity contribution >= 4 is 22.4 Å². The van der Waals surface area contributed by atoms with Gasteiger partial charge in [0.15, 0.2) is 5.13 Å². The highest BCUT2D eigenvalue weighted by atomic mass is 32.1. The van der Waals surface area contributed by atoms with Gasteiger partial charge in [-0.05, 0) is 6.92 Å². The van der Waals surface area contributed by atoms with Gasteiger partial charge in [0.1, 0.15) is 0 Å². The lowest BCUT2D eigenvalue weighted by atomic mass is 9.95. The lowest BCUT2D eigenvalue weighted by molar-refractivity contribution is -0.116. The second-order valence-electron chi connectivity index (χ2n) is 5.31. The molecule has 0 saturated carbocycles. The Labute approximate surface area is 118 Å². The summed E-state index contributed by atoms with van der Waals surface area (Å²) in [7, 11) is 0. The van der Waals surface area contributed by atoms with Crippen LogP contribution in [0, 0.1) is 5.41 Å². The highest BCUT2D eigenvalue weighted by molar-refractivity contribution is 7.14. The van der Waals surface area contributed by atoms with Gasteiger partial charge < -0.3 is 10.4 Å². The van der Waals surface area contributed by atoms with E-state index in [-0.39, 0.29) is 17.9 Å². The van der Waals surface area contributed by atoms with Crippen molar-refractivity contribution in [3.63, 3.8) is 0 Å². The average Bonchev–Trinajstić information content (AvgIpc) is 2.78. The molecule has 0 radical (unpaired) electrons. The van der Waals surface area contributed by atoms with Crippen LogP contribution in [-0.2, 0) is 11.3 Å². The number of nitrogens with zero attached hydrogens (tertiary/aromatic N) is 2. The van der Waals surface area contributed by atoms with Gasteiger partial charge >= 0.3 is 0 Å². The summed E-state index contributed by atoms with van der Waals surface area (Å²) in [5, 5.41) is 15.1. The summed E-state index contributed by atoms with van der Waals surface area (Å²) >= 11 is 1.48. The predicted octanol–water partition coefficient (Wildman–Crippen LogP) is 1.62. The number of aromatic nitrogens is 1. The molecular formula is C13H23N3O2S. The number of hydrogen-bond donors (Lipinski definition) is 2. The number of anilines is 1. The number of nitrogens with one attached hydrogen (secondary N) is 1. The zero-order valence-electron chi connectivity index (χ0n) is 12.1. The molecule has 1 rings (SSSR count). The van der Waals surface area contributed by atoms with Crippen molar-refractivity contribution < 1.29 is 9.90 Å². The summed E-state index contributed by atoms with van der Waals surface area (Å²) in [6.45, 7) is 9.64. The van der Waals surface area contributed by atoms with Gasteiger partial charge in [-0.2, -0.15) is 0 Å². The van der Waals surface area contributed by atoms with E-state index in [9.17, 15) is 4.79 Å². The fourth-order valence-corrected chi connectivity index (χ4v) is 2.51. The quantitative estimate of drug-likeness (QED) is 0.799. The van der Waals surface area contributed by atoms with Gasteiger partial charge in [0, 0.05) is 44.0 Å². The van der Waals surface area contributed by atoms with Crippen molar-refractivity contribution in [1.82, 2.24) is 10.3 Å². The first kappa shape index (κ1) is 16.1. The maximum Gasteiger partial charge on any atom is 0.225 e. The third-order valence-electron chi connectivity index (χ3n) is 2.80. The van der Waals surface area contributed by atoms with Gasteiger partial charge in [0.2, 0.25) is 5.91 Å². The average molecular weight is 285 g/mol. The molecule has 0 aliphatic carbocycles. The molecular weight excluding hydrogens is 262 g/mol. The number of carbonyl (C=O) groups excluding carboxylic acids is 1. The third-order valence-corrected chi connectivity index (χ3v) is 3.72. The first-order valence-electron chi connectivity index (χ1n) is 6.43. The van der Waals surface area contributed by atoms with Crippen molar-refractivity contribution in [2.45, 2.75) is 34.2 Å². The summed E-state index contributed by atoms with van der Waals surface area (Å²) in [5.41, 5.74) is 0.793. The number of hydrogen-bond acceptors (Lipinski definition) is 5. The zero-order chi connectivity index (χ0) is 14.5. The van der Waals surface area contributed by atoms with Crippen LogP contribution in [0.1, 0.15) is 33.4 Å². The minimum atomic E-state index is -0.131. The minimum Gasteiger partial charge on any atom is -0.396 e. The van der Waals surface area contributed by atoms with Crippen LogP contribution in [0.5, 0.6) is 0 Å². The summed E-state index contributed by atoms with van der Waals surface area (Å²) in [4.78, 5) is 17.5. The first-order valence-corrected chi connectivity index (χ1v) is 7.31. The molecule has 1 heterocycles. The van der Waals surface area contributed by atoms with Crippen LogP contribution in [0.2, 0.25) is 0 Å². The summed E-state index contributed by atoms with van der Waals surface area (Å²) in [5.74, 6) is 0.0118. The van der Waals surface area contributed by atoms with E-state index < -0.39 is 0 Å². The molecule has 1 aromatic heterocycles. The molecule has 2 N–H and O–H groups in total. The molecule has 0 aliphatic rings. The number of carbonyl (C=O) groups is 1. The smallest absolute Gasteiger partial charge is 0.225 e. The molecule has 5 nitrogen and oxygen atoms in total. The van der Waals surface area contributed by atoms with Gasteiger partial charge in [-0.15, -0.1) is 11.3 Å². The number of amides is 1. The van der Waals surface area contributed by atoms with Crippen LogP contribution >= 0.6 is 11.3 Å². The Balaban J connectivity index is 2.54. The second kappa shape index (κ2) is 6.98. The highest BCUT2D eigenvalue weighted by Crippen LogP contribution is 2.20. The van der Waals surface area contributed by atoms with E-state index in [2.05, 4.69) is 10.3 Å². The van der Waals surface area contributed by atoms with Crippen LogP contribution in [0.25, 0.3) is 0 Å². The number of aliphatic hydroxyl groups excluding tert-OH is 1. The molecule has 0 atom stereocenters. The van der Waals surface area contributed by atoms with E-state index in [0.29, 0.717) is 13.1 Å². The molecule has 0 aromatic carbocycles. The number of thiazole rings is 1. The largest absolute Gasteiger partial charge is 0.396 e. The second-order valence-corrected chi connectivity index (χ2v) is 6.15. The Morgan fingerprint density at radius 3 is 2.79 bits per heavy atom. The molecule has 0 bridgehead atoms. The Morgan fingerprint density at radius 2 is 2.26 bits per heavy atom. The topological polar surface area (TPSA) is 65.5 Å². The fourth-order valence-electron chi connectivity index (χ4n) is 1.58. The highest BCUT2D eigenvalue weighted by Gasteiger charge is 2.16. The molecule has 0 fully saturated rings. The van der Waals surface area contributed by atoms with Crippen molar-refractivity contribution in [3.05, 3.63) is 11.1 Å². The molecule has 0 saturated heterocycles. The van der Waals surface area contributed by atoms with Crippen LogP contribution in [0.15, 0.2) is 5.38 Å². The third kappa shape index (κ3) is 4.89. The number of aliphatic hydroxyl groups is 1. The van der Waals surface area contributed by atoms with E-state index in [1.165, 1.54) is 11.3 Å². The molecule has 0 unspecified atom stereocenters. The van der Waals surface area contributed by atoms with Gasteiger partial charge in [-0.3, -0.25) is 9.69 Å². The molecule has 0 spiro atoms. The standard InChI is InChI=1S/C13H23N3O2S/c1-5-16(10(2)18)12-15-11(7-19-12)6-14-8-13(3,4)9-17/h7,14,17H,5-6,8-9H2,1-4H3. The normalized spacial score (nSPS) is 11.6. The van der Waals surface area contributed by atoms with Crippen LogP contribution in [0.3, 0.4) is 0 Å². The minimum absolute atomic E-state index is 0.0118. The Morgan fingerprint density at radius 1 is 1.58 bits per heavy atom. The first-order chi connectivity index (χ1) is 8.89. The van der Waals surface area contributed by atoms with E-state index >= 15 is 0 Å².